The van der Waals surface area contributed by atoms with Crippen LogP contribution in [-0.2, 0) is 0 Å². The number of nitrogens with zero attached hydrogens (tertiary/aromatic N) is 2. The van der Waals surface area contributed by atoms with Crippen LogP contribution >= 0.6 is 23.6 Å². The average molecular weight is 376 g/mol. The Balaban J connectivity index is 1.72. The van der Waals surface area contributed by atoms with Gasteiger partial charge in [-0.1, -0.05) is 23.5 Å². The third-order valence-corrected chi connectivity index (χ3v) is 4.29. The van der Waals surface area contributed by atoms with Gasteiger partial charge in [0.1, 0.15) is 5.82 Å². The van der Waals surface area contributed by atoms with E-state index in [1.54, 1.807) is 0 Å². The number of halogens is 1. The summed E-state index contributed by atoms with van der Waals surface area (Å²) in [4.78, 5) is 26.5. The number of thiazole rings is 1. The number of nitro groups is 1. The van der Waals surface area contributed by atoms with Gasteiger partial charge in [0.25, 0.3) is 11.6 Å². The standard InChI is InChI=1S/C15H9FN4O3S2/c16-10-4-2-1-3-9(10)13(21)18-14(24)19-15-17-11-6-5-8(20(22)23)7-12(11)25-15/h1-7H,(H2,17,18,19,21,24). The maximum absolute atomic E-state index is 13.6. The Bertz CT molecular complexity index is 1010. The first-order valence-corrected chi connectivity index (χ1v) is 8.08. The number of nitrogens with one attached hydrogen (secondary N) is 2. The van der Waals surface area contributed by atoms with Crippen LogP contribution in [-0.4, -0.2) is 20.9 Å². The summed E-state index contributed by atoms with van der Waals surface area (Å²) in [6, 6.07) is 9.80. The Morgan fingerprint density at radius 3 is 2.76 bits per heavy atom. The maximum Gasteiger partial charge on any atom is 0.270 e. The molecule has 3 aromatic rings. The summed E-state index contributed by atoms with van der Waals surface area (Å²) in [6.45, 7) is 0. The molecule has 7 nitrogen and oxygen atoms in total. The quantitative estimate of drug-likeness (QED) is 0.413. The monoisotopic (exact) mass is 376 g/mol. The molecule has 1 aromatic heterocycles. The van der Waals surface area contributed by atoms with E-state index < -0.39 is 16.6 Å². The highest BCUT2D eigenvalue weighted by molar-refractivity contribution is 7.80. The molecule has 0 atom stereocenters. The van der Waals surface area contributed by atoms with Crippen molar-refractivity contribution in [2.45, 2.75) is 0 Å². The van der Waals surface area contributed by atoms with Crippen LogP contribution in [0.5, 0.6) is 0 Å². The van der Waals surface area contributed by atoms with Crippen molar-refractivity contribution in [2.75, 3.05) is 5.32 Å². The van der Waals surface area contributed by atoms with Crippen LogP contribution in [0.2, 0.25) is 0 Å². The van der Waals surface area contributed by atoms with Crippen LogP contribution in [0.1, 0.15) is 10.4 Å². The molecule has 0 spiro atoms. The smallest absolute Gasteiger partial charge is 0.270 e. The van der Waals surface area contributed by atoms with Crippen LogP contribution < -0.4 is 10.6 Å². The van der Waals surface area contributed by atoms with Crippen LogP contribution in [0.3, 0.4) is 0 Å². The molecule has 0 saturated carbocycles. The van der Waals surface area contributed by atoms with Gasteiger partial charge in [0.2, 0.25) is 0 Å². The molecule has 3 rings (SSSR count). The first-order chi connectivity index (χ1) is 11.9. The Hall–Kier alpha value is -2.98. The fourth-order valence-electron chi connectivity index (χ4n) is 2.02. The van der Waals surface area contributed by atoms with Crippen molar-refractivity contribution in [2.24, 2.45) is 0 Å². The summed E-state index contributed by atoms with van der Waals surface area (Å²) in [5.74, 6) is -1.34. The Kier molecular flexibility index (Phi) is 4.63. The van der Waals surface area contributed by atoms with Crippen molar-refractivity contribution in [3.05, 3.63) is 64.0 Å². The number of thiocarbonyl (C=S) groups is 1. The van der Waals surface area contributed by atoms with Crippen LogP contribution in [0, 0.1) is 15.9 Å². The van der Waals surface area contributed by atoms with E-state index in [1.807, 2.05) is 0 Å². The average Bonchev–Trinajstić information content (AvgIpc) is 2.95. The van der Waals surface area contributed by atoms with E-state index >= 15 is 0 Å². The summed E-state index contributed by atoms with van der Waals surface area (Å²) in [6.07, 6.45) is 0. The molecule has 0 aliphatic rings. The van der Waals surface area contributed by atoms with Crippen molar-refractivity contribution < 1.29 is 14.1 Å². The zero-order chi connectivity index (χ0) is 18.0. The predicted molar refractivity (Wildman–Crippen MR) is 96.4 cm³/mol. The van der Waals surface area contributed by atoms with Crippen molar-refractivity contribution in [3.63, 3.8) is 0 Å². The number of hydrogen-bond acceptors (Lipinski definition) is 6. The largest absolute Gasteiger partial charge is 0.308 e. The third kappa shape index (κ3) is 3.75. The van der Waals surface area contributed by atoms with Gasteiger partial charge >= 0.3 is 0 Å². The highest BCUT2D eigenvalue weighted by atomic mass is 32.1. The number of benzene rings is 2. The zero-order valence-electron chi connectivity index (χ0n) is 12.4. The van der Waals surface area contributed by atoms with Gasteiger partial charge in [-0.2, -0.15) is 0 Å². The summed E-state index contributed by atoms with van der Waals surface area (Å²) < 4.78 is 14.2. The van der Waals surface area contributed by atoms with Gasteiger partial charge in [-0.3, -0.25) is 20.2 Å². The summed E-state index contributed by atoms with van der Waals surface area (Å²) in [5.41, 5.74) is 0.381. The highest BCUT2D eigenvalue weighted by Gasteiger charge is 2.14. The normalized spacial score (nSPS) is 10.4. The maximum atomic E-state index is 13.6. The molecule has 126 valence electrons. The van der Waals surface area contributed by atoms with Crippen molar-refractivity contribution >= 4 is 55.6 Å². The molecule has 0 aliphatic heterocycles. The molecule has 0 radical (unpaired) electrons. The Morgan fingerprint density at radius 2 is 2.04 bits per heavy atom. The number of carbonyl (C=O) groups excluding carboxylic acids is 1. The lowest BCUT2D eigenvalue weighted by atomic mass is 10.2. The molecule has 0 bridgehead atoms. The minimum atomic E-state index is -0.688. The van der Waals surface area contributed by atoms with E-state index in [2.05, 4.69) is 15.6 Å². The SMILES string of the molecule is O=C(NC(=S)Nc1nc2ccc([N+](=O)[O-])cc2s1)c1ccccc1F. The molecule has 2 N–H and O–H groups in total. The van der Waals surface area contributed by atoms with E-state index in [-0.39, 0.29) is 16.4 Å². The molecule has 2 aromatic carbocycles. The number of non-ortho nitro benzene ring substituents is 1. The third-order valence-electron chi connectivity index (χ3n) is 3.15. The summed E-state index contributed by atoms with van der Waals surface area (Å²) in [7, 11) is 0. The number of fused-ring (bicyclic) bond motifs is 1. The van der Waals surface area contributed by atoms with Crippen LogP contribution in [0.25, 0.3) is 10.2 Å². The molecule has 1 heterocycles. The molecule has 0 saturated heterocycles. The van der Waals surface area contributed by atoms with E-state index in [4.69, 9.17) is 12.2 Å². The molecule has 0 unspecified atom stereocenters. The Morgan fingerprint density at radius 1 is 1.28 bits per heavy atom. The fraction of sp³-hybridized carbons (Fsp3) is 0. The van der Waals surface area contributed by atoms with E-state index in [1.165, 1.54) is 42.5 Å². The van der Waals surface area contributed by atoms with E-state index in [0.29, 0.717) is 15.3 Å². The minimum Gasteiger partial charge on any atom is -0.308 e. The zero-order valence-corrected chi connectivity index (χ0v) is 14.0. The van der Waals surface area contributed by atoms with Gasteiger partial charge in [0.15, 0.2) is 10.2 Å². The number of aromatic nitrogens is 1. The first kappa shape index (κ1) is 16.9. The molecule has 25 heavy (non-hydrogen) atoms. The fourth-order valence-corrected chi connectivity index (χ4v) is 3.18. The second kappa shape index (κ2) is 6.87. The predicted octanol–water partition coefficient (Wildman–Crippen LogP) is 3.47. The Labute approximate surface area is 149 Å². The molecular weight excluding hydrogens is 367 g/mol. The summed E-state index contributed by atoms with van der Waals surface area (Å²) in [5, 5.41) is 16.2. The van der Waals surface area contributed by atoms with Gasteiger partial charge in [-0.05, 0) is 30.4 Å². The van der Waals surface area contributed by atoms with Gasteiger partial charge in [0.05, 0.1) is 20.7 Å². The lowest BCUT2D eigenvalue weighted by Crippen LogP contribution is -2.34. The van der Waals surface area contributed by atoms with Gasteiger partial charge in [-0.15, -0.1) is 0 Å². The second-order valence-electron chi connectivity index (χ2n) is 4.82. The molecular formula is C15H9FN4O3S2. The number of hydrogen-bond donors (Lipinski definition) is 2. The van der Waals surface area contributed by atoms with E-state index in [0.717, 1.165) is 11.3 Å². The lowest BCUT2D eigenvalue weighted by molar-refractivity contribution is -0.384. The number of anilines is 1. The van der Waals surface area contributed by atoms with Gasteiger partial charge in [0, 0.05) is 12.1 Å². The number of amides is 1. The molecule has 0 fully saturated rings. The summed E-state index contributed by atoms with van der Waals surface area (Å²) >= 11 is 6.16. The molecule has 1 amide bonds. The van der Waals surface area contributed by atoms with Crippen molar-refractivity contribution in [1.82, 2.24) is 10.3 Å². The molecule has 0 aliphatic carbocycles. The minimum absolute atomic E-state index is 0.0434. The second-order valence-corrected chi connectivity index (χ2v) is 6.26. The first-order valence-electron chi connectivity index (χ1n) is 6.86. The van der Waals surface area contributed by atoms with Crippen molar-refractivity contribution in [1.29, 1.82) is 0 Å². The number of carbonyl (C=O) groups is 1. The van der Waals surface area contributed by atoms with Crippen molar-refractivity contribution in [3.8, 4) is 0 Å². The van der Waals surface area contributed by atoms with Gasteiger partial charge < -0.3 is 5.32 Å². The van der Waals surface area contributed by atoms with Gasteiger partial charge in [-0.25, -0.2) is 9.37 Å². The molecule has 10 heteroatoms. The van der Waals surface area contributed by atoms with Crippen LogP contribution in [0.4, 0.5) is 15.2 Å². The topological polar surface area (TPSA) is 97.2 Å². The van der Waals surface area contributed by atoms with E-state index in [9.17, 15) is 19.3 Å². The number of nitro benzene ring substituents is 1. The van der Waals surface area contributed by atoms with Crippen LogP contribution in [0.15, 0.2) is 42.5 Å². The number of rotatable bonds is 3. The highest BCUT2D eigenvalue weighted by Crippen LogP contribution is 2.29. The lowest BCUT2D eigenvalue weighted by Gasteiger charge is -2.07.